The highest BCUT2D eigenvalue weighted by atomic mass is 19.2. The number of fused-ring (bicyclic) bond motifs is 5. The van der Waals surface area contributed by atoms with E-state index in [9.17, 15) is 18.0 Å². The molecule has 1 aromatic carbocycles. The van der Waals surface area contributed by atoms with Crippen LogP contribution in [0.5, 0.6) is 0 Å². The van der Waals surface area contributed by atoms with Crippen LogP contribution in [0.25, 0.3) is 11.3 Å². The number of carbonyl (C=O) groups excluding carboxylic acids is 1. The van der Waals surface area contributed by atoms with Gasteiger partial charge < -0.3 is 9.47 Å². The number of piperidine rings is 1. The lowest BCUT2D eigenvalue weighted by molar-refractivity contribution is 0.0380. The lowest BCUT2D eigenvalue weighted by atomic mass is 9.81. The van der Waals surface area contributed by atoms with E-state index < -0.39 is 17.5 Å². The third-order valence-corrected chi connectivity index (χ3v) is 7.36. The molecule has 0 spiro atoms. The first-order valence-corrected chi connectivity index (χ1v) is 11.5. The lowest BCUT2D eigenvalue weighted by Crippen LogP contribution is -2.50. The number of hydrogen-bond donors (Lipinski definition) is 0. The van der Waals surface area contributed by atoms with Crippen LogP contribution in [0.1, 0.15) is 65.7 Å². The summed E-state index contributed by atoms with van der Waals surface area (Å²) in [6, 6.07) is 1.80. The van der Waals surface area contributed by atoms with E-state index in [0.717, 1.165) is 74.3 Å². The number of nitrogens with zero attached hydrogens (tertiary/aromatic N) is 5. The van der Waals surface area contributed by atoms with Crippen molar-refractivity contribution in [3.63, 3.8) is 0 Å². The lowest BCUT2D eigenvalue weighted by Gasteiger charge is -2.45. The minimum Gasteiger partial charge on any atom is -0.325 e. The molecule has 6 rings (SSSR count). The maximum atomic E-state index is 14.0. The second-order valence-electron chi connectivity index (χ2n) is 9.28. The maximum absolute atomic E-state index is 14.0. The minimum absolute atomic E-state index is 0.0259. The SMILES string of the molecule is Cn1nc2c(c1-c1cc(F)c(F)c(F)c1)CC1CCCC2N1C(=O)c1cnc2n1CCCC2. The molecule has 2 unspecified atom stereocenters. The van der Waals surface area contributed by atoms with Crippen LogP contribution in [0.3, 0.4) is 0 Å². The number of aryl methyl sites for hydroxylation is 2. The van der Waals surface area contributed by atoms with Crippen molar-refractivity contribution in [3.05, 3.63) is 58.6 Å². The van der Waals surface area contributed by atoms with Gasteiger partial charge in [-0.2, -0.15) is 5.10 Å². The quantitative estimate of drug-likeness (QED) is 0.541. The smallest absolute Gasteiger partial charge is 0.272 e. The molecule has 0 N–H and O–H groups in total. The van der Waals surface area contributed by atoms with Gasteiger partial charge in [0.1, 0.15) is 11.5 Å². The molecule has 1 saturated heterocycles. The molecule has 0 radical (unpaired) electrons. The molecule has 172 valence electrons. The first kappa shape index (κ1) is 20.5. The van der Waals surface area contributed by atoms with Crippen LogP contribution < -0.4 is 0 Å². The molecule has 2 atom stereocenters. The zero-order valence-corrected chi connectivity index (χ0v) is 18.3. The van der Waals surface area contributed by atoms with Crippen LogP contribution in [0.4, 0.5) is 13.2 Å². The molecule has 2 bridgehead atoms. The minimum atomic E-state index is -1.48. The molecule has 6 nitrogen and oxygen atoms in total. The molecular formula is C24H24F3N5O. The van der Waals surface area contributed by atoms with Crippen molar-refractivity contribution in [2.45, 2.75) is 63.6 Å². The van der Waals surface area contributed by atoms with Gasteiger partial charge >= 0.3 is 0 Å². The summed E-state index contributed by atoms with van der Waals surface area (Å²) in [4.78, 5) is 20.2. The third kappa shape index (κ3) is 3.04. The van der Waals surface area contributed by atoms with E-state index in [4.69, 9.17) is 5.10 Å². The van der Waals surface area contributed by atoms with Crippen LogP contribution >= 0.6 is 0 Å². The molecule has 3 aromatic rings. The van der Waals surface area contributed by atoms with Crippen molar-refractivity contribution >= 4 is 5.91 Å². The Hall–Kier alpha value is -3.10. The second-order valence-corrected chi connectivity index (χ2v) is 9.28. The van der Waals surface area contributed by atoms with Crippen molar-refractivity contribution in [2.24, 2.45) is 7.05 Å². The Balaban J connectivity index is 1.42. The number of carbonyl (C=O) groups is 1. The van der Waals surface area contributed by atoms with E-state index in [1.165, 1.54) is 0 Å². The van der Waals surface area contributed by atoms with Crippen molar-refractivity contribution in [3.8, 4) is 11.3 Å². The van der Waals surface area contributed by atoms with Gasteiger partial charge in [0.05, 0.1) is 23.6 Å². The summed E-state index contributed by atoms with van der Waals surface area (Å²) < 4.78 is 45.2. The number of benzene rings is 1. The average molecular weight is 455 g/mol. The zero-order valence-electron chi connectivity index (χ0n) is 18.3. The van der Waals surface area contributed by atoms with E-state index in [0.29, 0.717) is 17.8 Å². The first-order valence-electron chi connectivity index (χ1n) is 11.5. The largest absolute Gasteiger partial charge is 0.325 e. The molecule has 1 amide bonds. The van der Waals surface area contributed by atoms with Gasteiger partial charge in [0, 0.05) is 37.2 Å². The fourth-order valence-corrected chi connectivity index (χ4v) is 5.92. The zero-order chi connectivity index (χ0) is 22.9. The van der Waals surface area contributed by atoms with Gasteiger partial charge in [-0.05, 0) is 50.7 Å². The summed E-state index contributed by atoms with van der Waals surface area (Å²) in [6.45, 7) is 0.806. The molecular weight excluding hydrogens is 431 g/mol. The number of rotatable bonds is 2. The Kier molecular flexibility index (Phi) is 4.64. The summed E-state index contributed by atoms with van der Waals surface area (Å²) in [5.41, 5.74) is 3.11. The Morgan fingerprint density at radius 2 is 1.88 bits per heavy atom. The number of halogens is 3. The second kappa shape index (κ2) is 7.46. The Morgan fingerprint density at radius 3 is 2.67 bits per heavy atom. The summed E-state index contributed by atoms with van der Waals surface area (Å²) >= 11 is 0. The Morgan fingerprint density at radius 1 is 1.09 bits per heavy atom. The van der Waals surface area contributed by atoms with Crippen molar-refractivity contribution in [1.29, 1.82) is 0 Å². The number of imidazole rings is 1. The molecule has 0 saturated carbocycles. The molecule has 9 heteroatoms. The van der Waals surface area contributed by atoms with Gasteiger partial charge in [0.25, 0.3) is 5.91 Å². The van der Waals surface area contributed by atoms with E-state index in [-0.39, 0.29) is 23.6 Å². The predicted molar refractivity (Wildman–Crippen MR) is 114 cm³/mol. The van der Waals surface area contributed by atoms with Crippen molar-refractivity contribution in [1.82, 2.24) is 24.2 Å². The van der Waals surface area contributed by atoms with Gasteiger partial charge in [0.15, 0.2) is 17.5 Å². The summed E-state index contributed by atoms with van der Waals surface area (Å²) in [5.74, 6) is -2.99. The monoisotopic (exact) mass is 455 g/mol. The van der Waals surface area contributed by atoms with Crippen LogP contribution in [-0.2, 0) is 26.4 Å². The van der Waals surface area contributed by atoms with Gasteiger partial charge in [-0.3, -0.25) is 9.48 Å². The van der Waals surface area contributed by atoms with E-state index in [1.807, 2.05) is 9.47 Å². The highest BCUT2D eigenvalue weighted by molar-refractivity contribution is 5.93. The number of aromatic nitrogens is 4. The Labute approximate surface area is 189 Å². The molecule has 3 aliphatic heterocycles. The van der Waals surface area contributed by atoms with Gasteiger partial charge in [0.2, 0.25) is 0 Å². The first-order chi connectivity index (χ1) is 15.9. The Bertz CT molecular complexity index is 1260. The fourth-order valence-electron chi connectivity index (χ4n) is 5.92. The highest BCUT2D eigenvalue weighted by Gasteiger charge is 2.44. The topological polar surface area (TPSA) is 56.0 Å². The number of amides is 1. The van der Waals surface area contributed by atoms with E-state index in [2.05, 4.69) is 4.98 Å². The highest BCUT2D eigenvalue weighted by Crippen LogP contribution is 2.45. The summed E-state index contributed by atoms with van der Waals surface area (Å²) in [7, 11) is 1.72. The molecule has 5 heterocycles. The summed E-state index contributed by atoms with van der Waals surface area (Å²) in [5, 5.41) is 4.69. The molecule has 1 fully saturated rings. The van der Waals surface area contributed by atoms with Gasteiger partial charge in [-0.15, -0.1) is 0 Å². The van der Waals surface area contributed by atoms with Crippen LogP contribution in [0, 0.1) is 17.5 Å². The summed E-state index contributed by atoms with van der Waals surface area (Å²) in [6.07, 6.45) is 7.86. The maximum Gasteiger partial charge on any atom is 0.272 e. The van der Waals surface area contributed by atoms with Crippen molar-refractivity contribution in [2.75, 3.05) is 0 Å². The standard InChI is InChI=1S/C24H24F3N5O/c1-30-23(13-9-16(25)21(27)17(26)10-13)15-11-14-5-4-6-18(22(15)29-30)32(14)24(33)19-12-28-20-7-2-3-8-31(19)20/h9-10,12,14,18H,2-8,11H2,1H3. The van der Waals surface area contributed by atoms with E-state index >= 15 is 0 Å². The predicted octanol–water partition coefficient (Wildman–Crippen LogP) is 4.33. The van der Waals surface area contributed by atoms with Crippen molar-refractivity contribution < 1.29 is 18.0 Å². The molecule has 33 heavy (non-hydrogen) atoms. The van der Waals surface area contributed by atoms with Gasteiger partial charge in [-0.1, -0.05) is 0 Å². The van der Waals surface area contributed by atoms with Crippen LogP contribution in [0.2, 0.25) is 0 Å². The molecule has 3 aliphatic rings. The normalized spacial score (nSPS) is 21.6. The van der Waals surface area contributed by atoms with Crippen LogP contribution in [-0.4, -0.2) is 36.2 Å². The third-order valence-electron chi connectivity index (χ3n) is 7.36. The average Bonchev–Trinajstić information content (AvgIpc) is 3.37. The van der Waals surface area contributed by atoms with E-state index in [1.54, 1.807) is 17.9 Å². The van der Waals surface area contributed by atoms with Gasteiger partial charge in [-0.25, -0.2) is 18.2 Å². The molecule has 2 aromatic heterocycles. The number of hydrogen-bond acceptors (Lipinski definition) is 3. The fraction of sp³-hybridized carbons (Fsp3) is 0.458. The van der Waals surface area contributed by atoms with Crippen LogP contribution in [0.15, 0.2) is 18.3 Å². The molecule has 0 aliphatic carbocycles.